The summed E-state index contributed by atoms with van der Waals surface area (Å²) in [7, 11) is 0. The lowest BCUT2D eigenvalue weighted by Crippen LogP contribution is -1.98. The second-order valence-electron chi connectivity index (χ2n) is 2.67. The molecule has 0 saturated heterocycles. The number of nitrogens with zero attached hydrogens (tertiary/aromatic N) is 4. The first kappa shape index (κ1) is 7.91. The van der Waals surface area contributed by atoms with Gasteiger partial charge in [0.2, 0.25) is 0 Å². The third kappa shape index (κ3) is 1.56. The molecule has 0 unspecified atom stereocenters. The normalized spacial score (nSPS) is 10.2. The molecule has 2 rings (SSSR count). The van der Waals surface area contributed by atoms with E-state index in [1.165, 1.54) is 0 Å². The number of rotatable bonds is 2. The molecular weight excluding hydrogens is 164 g/mol. The highest BCUT2D eigenvalue weighted by atomic mass is 15.3. The van der Waals surface area contributed by atoms with E-state index in [1.807, 2.05) is 12.3 Å². The predicted molar refractivity (Wildman–Crippen MR) is 48.5 cm³/mol. The van der Waals surface area contributed by atoms with Gasteiger partial charge in [0, 0.05) is 18.6 Å². The molecule has 0 aromatic carbocycles. The maximum Gasteiger partial charge on any atom is 0.171 e. The van der Waals surface area contributed by atoms with Crippen molar-refractivity contribution in [1.82, 2.24) is 19.7 Å². The van der Waals surface area contributed by atoms with Crippen molar-refractivity contribution in [2.75, 3.05) is 0 Å². The summed E-state index contributed by atoms with van der Waals surface area (Å²) in [6.07, 6.45) is 7.82. The highest BCUT2D eigenvalue weighted by molar-refractivity contribution is 5.16. The second kappa shape index (κ2) is 3.35. The fraction of sp³-hybridized carbons (Fsp3) is 0.222. The SMILES string of the molecule is CCc1ccn(-c2cnccn2)n1. The number of aromatic nitrogens is 4. The van der Waals surface area contributed by atoms with Crippen LogP contribution in [0.2, 0.25) is 0 Å². The van der Waals surface area contributed by atoms with Crippen molar-refractivity contribution in [3.8, 4) is 5.82 Å². The largest absolute Gasteiger partial charge is 0.259 e. The molecule has 0 aliphatic carbocycles. The molecule has 0 radical (unpaired) electrons. The van der Waals surface area contributed by atoms with Crippen LogP contribution in [0.3, 0.4) is 0 Å². The average molecular weight is 174 g/mol. The van der Waals surface area contributed by atoms with Crippen LogP contribution in [0.5, 0.6) is 0 Å². The van der Waals surface area contributed by atoms with Crippen molar-refractivity contribution < 1.29 is 0 Å². The Morgan fingerprint density at radius 1 is 1.38 bits per heavy atom. The summed E-state index contributed by atoms with van der Waals surface area (Å²) in [5, 5.41) is 4.31. The zero-order chi connectivity index (χ0) is 9.10. The summed E-state index contributed by atoms with van der Waals surface area (Å²) in [5.41, 5.74) is 1.06. The third-order valence-electron chi connectivity index (χ3n) is 1.79. The van der Waals surface area contributed by atoms with Gasteiger partial charge in [-0.1, -0.05) is 6.92 Å². The Labute approximate surface area is 76.3 Å². The minimum atomic E-state index is 0.752. The molecule has 0 amide bonds. The Balaban J connectivity index is 2.36. The molecule has 2 heterocycles. The van der Waals surface area contributed by atoms with Crippen LogP contribution in [0.4, 0.5) is 0 Å². The van der Waals surface area contributed by atoms with E-state index in [0.29, 0.717) is 0 Å². The van der Waals surface area contributed by atoms with Crippen LogP contribution in [-0.2, 0) is 6.42 Å². The van der Waals surface area contributed by atoms with Gasteiger partial charge in [-0.25, -0.2) is 9.67 Å². The van der Waals surface area contributed by atoms with Gasteiger partial charge in [-0.15, -0.1) is 0 Å². The minimum Gasteiger partial charge on any atom is -0.259 e. The standard InChI is InChI=1S/C9H10N4/c1-2-8-3-6-13(12-8)9-7-10-4-5-11-9/h3-7H,2H2,1H3. The molecular formula is C9H10N4. The van der Waals surface area contributed by atoms with E-state index in [2.05, 4.69) is 22.0 Å². The fourth-order valence-electron chi connectivity index (χ4n) is 1.09. The average Bonchev–Trinajstić information content (AvgIpc) is 2.67. The summed E-state index contributed by atoms with van der Waals surface area (Å²) in [5.74, 6) is 0.752. The van der Waals surface area contributed by atoms with Gasteiger partial charge in [0.25, 0.3) is 0 Å². The van der Waals surface area contributed by atoms with Gasteiger partial charge in [-0.3, -0.25) is 4.98 Å². The Morgan fingerprint density at radius 3 is 2.92 bits per heavy atom. The molecule has 13 heavy (non-hydrogen) atoms. The van der Waals surface area contributed by atoms with Crippen molar-refractivity contribution in [2.24, 2.45) is 0 Å². The number of hydrogen-bond acceptors (Lipinski definition) is 3. The van der Waals surface area contributed by atoms with Crippen molar-refractivity contribution in [3.05, 3.63) is 36.5 Å². The van der Waals surface area contributed by atoms with Crippen LogP contribution in [0.25, 0.3) is 5.82 Å². The molecule has 0 saturated carbocycles. The Kier molecular flexibility index (Phi) is 2.04. The lowest BCUT2D eigenvalue weighted by atomic mass is 10.4. The molecule has 4 nitrogen and oxygen atoms in total. The van der Waals surface area contributed by atoms with Crippen LogP contribution in [0.15, 0.2) is 30.9 Å². The molecule has 0 bridgehead atoms. The van der Waals surface area contributed by atoms with Gasteiger partial charge < -0.3 is 0 Å². The lowest BCUT2D eigenvalue weighted by molar-refractivity contribution is 0.809. The van der Waals surface area contributed by atoms with E-state index in [1.54, 1.807) is 23.3 Å². The molecule has 0 atom stereocenters. The maximum absolute atomic E-state index is 4.31. The van der Waals surface area contributed by atoms with Crippen LogP contribution in [-0.4, -0.2) is 19.7 Å². The molecule has 0 aliphatic rings. The van der Waals surface area contributed by atoms with Crippen LogP contribution in [0.1, 0.15) is 12.6 Å². The zero-order valence-electron chi connectivity index (χ0n) is 7.38. The quantitative estimate of drug-likeness (QED) is 0.687. The van der Waals surface area contributed by atoms with E-state index in [9.17, 15) is 0 Å². The molecule has 0 spiro atoms. The summed E-state index contributed by atoms with van der Waals surface area (Å²) in [6.45, 7) is 2.07. The Morgan fingerprint density at radius 2 is 2.31 bits per heavy atom. The van der Waals surface area contributed by atoms with E-state index in [0.717, 1.165) is 17.9 Å². The summed E-state index contributed by atoms with van der Waals surface area (Å²) >= 11 is 0. The van der Waals surface area contributed by atoms with E-state index in [-0.39, 0.29) is 0 Å². The highest BCUT2D eigenvalue weighted by Gasteiger charge is 1.99. The first-order valence-corrected chi connectivity index (χ1v) is 4.21. The first-order valence-electron chi connectivity index (χ1n) is 4.21. The first-order chi connectivity index (χ1) is 6.40. The predicted octanol–water partition coefficient (Wildman–Crippen LogP) is 1.22. The molecule has 0 aliphatic heterocycles. The molecule has 66 valence electrons. The zero-order valence-corrected chi connectivity index (χ0v) is 7.38. The van der Waals surface area contributed by atoms with Crippen molar-refractivity contribution in [3.63, 3.8) is 0 Å². The van der Waals surface area contributed by atoms with E-state index < -0.39 is 0 Å². The van der Waals surface area contributed by atoms with Crippen LogP contribution >= 0.6 is 0 Å². The Hall–Kier alpha value is -1.71. The van der Waals surface area contributed by atoms with Crippen molar-refractivity contribution >= 4 is 0 Å². The van der Waals surface area contributed by atoms with Gasteiger partial charge in [-0.05, 0) is 12.5 Å². The monoisotopic (exact) mass is 174 g/mol. The van der Waals surface area contributed by atoms with Crippen LogP contribution < -0.4 is 0 Å². The smallest absolute Gasteiger partial charge is 0.171 e. The molecule has 4 heteroatoms. The summed E-state index contributed by atoms with van der Waals surface area (Å²) < 4.78 is 1.73. The number of hydrogen-bond donors (Lipinski definition) is 0. The van der Waals surface area contributed by atoms with Gasteiger partial charge in [0.05, 0.1) is 11.9 Å². The Bertz CT molecular complexity index is 380. The third-order valence-corrected chi connectivity index (χ3v) is 1.79. The number of aryl methyl sites for hydroxylation is 1. The maximum atomic E-state index is 4.31. The fourth-order valence-corrected chi connectivity index (χ4v) is 1.09. The van der Waals surface area contributed by atoms with Gasteiger partial charge in [0.1, 0.15) is 0 Å². The van der Waals surface area contributed by atoms with Crippen molar-refractivity contribution in [1.29, 1.82) is 0 Å². The minimum absolute atomic E-state index is 0.752. The van der Waals surface area contributed by atoms with Crippen molar-refractivity contribution in [2.45, 2.75) is 13.3 Å². The lowest BCUT2D eigenvalue weighted by Gasteiger charge is -1.96. The highest BCUT2D eigenvalue weighted by Crippen LogP contribution is 2.02. The van der Waals surface area contributed by atoms with Crippen LogP contribution in [0, 0.1) is 0 Å². The molecule has 2 aromatic heterocycles. The topological polar surface area (TPSA) is 43.6 Å². The van der Waals surface area contributed by atoms with Gasteiger partial charge >= 0.3 is 0 Å². The molecule has 2 aromatic rings. The van der Waals surface area contributed by atoms with E-state index in [4.69, 9.17) is 0 Å². The summed E-state index contributed by atoms with van der Waals surface area (Å²) in [6, 6.07) is 1.98. The summed E-state index contributed by atoms with van der Waals surface area (Å²) in [4.78, 5) is 8.11. The van der Waals surface area contributed by atoms with Gasteiger partial charge in [0.15, 0.2) is 5.82 Å². The van der Waals surface area contributed by atoms with E-state index >= 15 is 0 Å². The van der Waals surface area contributed by atoms with Gasteiger partial charge in [-0.2, -0.15) is 5.10 Å². The molecule has 0 fully saturated rings. The second-order valence-corrected chi connectivity index (χ2v) is 2.67. The molecule has 0 N–H and O–H groups in total.